The molecule has 1 rings (SSSR count). The number of nitrogens with zero attached hydrogens (tertiary/aromatic N) is 1. The third-order valence-electron chi connectivity index (χ3n) is 2.14. The molecule has 0 saturated carbocycles. The van der Waals surface area contributed by atoms with Crippen LogP contribution in [0.15, 0.2) is 29.4 Å². The van der Waals surface area contributed by atoms with Crippen LogP contribution in [-0.2, 0) is 6.42 Å². The molecule has 0 aromatic heterocycles. The number of hydrogen-bond donors (Lipinski definition) is 0. The molecule has 0 heterocycles. The number of nitroso groups, excluding NO2 is 1. The van der Waals surface area contributed by atoms with Crippen molar-refractivity contribution < 1.29 is 0 Å². The van der Waals surface area contributed by atoms with E-state index in [1.807, 2.05) is 0 Å². The maximum absolute atomic E-state index is 9.90. The van der Waals surface area contributed by atoms with Gasteiger partial charge in [-0.2, -0.15) is 4.91 Å². The van der Waals surface area contributed by atoms with Crippen LogP contribution in [0.25, 0.3) is 0 Å². The average Bonchev–Trinajstić information content (AvgIpc) is 2.15. The fraction of sp³-hybridized carbons (Fsp3) is 0.455. The van der Waals surface area contributed by atoms with Gasteiger partial charge in [0.05, 0.1) is 6.54 Å². The Morgan fingerprint density at radius 3 is 2.31 bits per heavy atom. The average molecular weight is 177 g/mol. The van der Waals surface area contributed by atoms with Crippen molar-refractivity contribution in [1.82, 2.24) is 0 Å². The summed E-state index contributed by atoms with van der Waals surface area (Å²) in [7, 11) is 0. The quantitative estimate of drug-likeness (QED) is 0.650. The first-order chi connectivity index (χ1) is 6.24. The maximum atomic E-state index is 9.90. The largest absolute Gasteiger partial charge is 0.151 e. The Bertz CT molecular complexity index is 264. The molecule has 2 nitrogen and oxygen atoms in total. The summed E-state index contributed by atoms with van der Waals surface area (Å²) in [5.74, 6) is 0.568. The predicted octanol–water partition coefficient (Wildman–Crippen LogP) is 3.12. The lowest BCUT2D eigenvalue weighted by Gasteiger charge is -2.05. The Morgan fingerprint density at radius 1 is 1.23 bits per heavy atom. The lowest BCUT2D eigenvalue weighted by Crippen LogP contribution is -1.91. The Balaban J connectivity index is 2.64. The zero-order valence-electron chi connectivity index (χ0n) is 8.16. The summed E-state index contributed by atoms with van der Waals surface area (Å²) in [6.07, 6.45) is 0.752. The fourth-order valence-corrected chi connectivity index (χ4v) is 1.24. The van der Waals surface area contributed by atoms with Crippen molar-refractivity contribution in [2.45, 2.75) is 26.2 Å². The van der Waals surface area contributed by atoms with E-state index < -0.39 is 0 Å². The van der Waals surface area contributed by atoms with Crippen LogP contribution in [0.1, 0.15) is 30.9 Å². The van der Waals surface area contributed by atoms with Crippen LogP contribution in [0.5, 0.6) is 0 Å². The molecule has 0 bridgehead atoms. The van der Waals surface area contributed by atoms with Crippen molar-refractivity contribution in [3.63, 3.8) is 0 Å². The van der Waals surface area contributed by atoms with Crippen LogP contribution >= 0.6 is 0 Å². The highest BCUT2D eigenvalue weighted by Crippen LogP contribution is 2.14. The molecular weight excluding hydrogens is 162 g/mol. The minimum Gasteiger partial charge on any atom is -0.151 e. The Kier molecular flexibility index (Phi) is 3.62. The van der Waals surface area contributed by atoms with Crippen molar-refractivity contribution >= 4 is 0 Å². The summed E-state index contributed by atoms with van der Waals surface area (Å²) >= 11 is 0. The van der Waals surface area contributed by atoms with Crippen molar-refractivity contribution in [3.8, 4) is 0 Å². The minimum absolute atomic E-state index is 0.376. The molecule has 0 spiro atoms. The van der Waals surface area contributed by atoms with Gasteiger partial charge in [-0.15, -0.1) is 0 Å². The van der Waals surface area contributed by atoms with E-state index >= 15 is 0 Å². The van der Waals surface area contributed by atoms with E-state index in [1.165, 1.54) is 11.1 Å². The van der Waals surface area contributed by atoms with Gasteiger partial charge in [0.2, 0.25) is 0 Å². The summed E-state index contributed by atoms with van der Waals surface area (Å²) in [4.78, 5) is 9.90. The van der Waals surface area contributed by atoms with E-state index in [4.69, 9.17) is 0 Å². The predicted molar refractivity (Wildman–Crippen MR) is 54.9 cm³/mol. The highest BCUT2D eigenvalue weighted by molar-refractivity contribution is 5.24. The lowest BCUT2D eigenvalue weighted by molar-refractivity contribution is 0.863. The fourth-order valence-electron chi connectivity index (χ4n) is 1.24. The first kappa shape index (κ1) is 9.90. The zero-order chi connectivity index (χ0) is 9.68. The molecule has 1 aromatic rings. The molecule has 0 amide bonds. The van der Waals surface area contributed by atoms with Gasteiger partial charge in [0.1, 0.15) is 0 Å². The molecule has 70 valence electrons. The Hall–Kier alpha value is -1.18. The number of rotatable bonds is 4. The van der Waals surface area contributed by atoms with Crippen LogP contribution in [0.4, 0.5) is 0 Å². The lowest BCUT2D eigenvalue weighted by atomic mass is 10.0. The van der Waals surface area contributed by atoms with Crippen molar-refractivity contribution in [1.29, 1.82) is 0 Å². The topological polar surface area (TPSA) is 29.4 Å². The molecular formula is C11H15NO. The summed E-state index contributed by atoms with van der Waals surface area (Å²) in [6.45, 7) is 4.71. The Morgan fingerprint density at radius 2 is 1.85 bits per heavy atom. The van der Waals surface area contributed by atoms with Gasteiger partial charge in [0.15, 0.2) is 0 Å². The summed E-state index contributed by atoms with van der Waals surface area (Å²) in [5, 5.41) is 2.84. The second-order valence-corrected chi connectivity index (χ2v) is 3.50. The van der Waals surface area contributed by atoms with E-state index in [-0.39, 0.29) is 0 Å². The van der Waals surface area contributed by atoms with E-state index in [0.29, 0.717) is 12.5 Å². The van der Waals surface area contributed by atoms with Gasteiger partial charge < -0.3 is 0 Å². The van der Waals surface area contributed by atoms with E-state index in [0.717, 1.165) is 6.42 Å². The molecule has 0 saturated heterocycles. The number of benzene rings is 1. The van der Waals surface area contributed by atoms with Crippen LogP contribution in [0.3, 0.4) is 0 Å². The van der Waals surface area contributed by atoms with E-state index in [2.05, 4.69) is 43.3 Å². The van der Waals surface area contributed by atoms with Crippen LogP contribution < -0.4 is 0 Å². The normalized spacial score (nSPS) is 10.4. The molecule has 0 atom stereocenters. The molecule has 0 aliphatic carbocycles. The first-order valence-electron chi connectivity index (χ1n) is 4.62. The van der Waals surface area contributed by atoms with Gasteiger partial charge in [0.25, 0.3) is 0 Å². The van der Waals surface area contributed by atoms with Crippen molar-refractivity contribution in [3.05, 3.63) is 40.3 Å². The SMILES string of the molecule is CC(C)c1ccc(CCN=O)cc1. The maximum Gasteiger partial charge on any atom is 0.0851 e. The molecule has 0 aliphatic rings. The molecule has 1 aromatic carbocycles. The molecule has 0 aliphatic heterocycles. The molecule has 0 fully saturated rings. The van der Waals surface area contributed by atoms with E-state index in [1.54, 1.807) is 0 Å². The molecule has 0 N–H and O–H groups in total. The zero-order valence-corrected chi connectivity index (χ0v) is 8.16. The van der Waals surface area contributed by atoms with Gasteiger partial charge in [0, 0.05) is 0 Å². The van der Waals surface area contributed by atoms with Gasteiger partial charge in [-0.05, 0) is 23.5 Å². The standard InChI is InChI=1S/C11H15NO/c1-9(2)11-5-3-10(4-6-11)7-8-12-13/h3-6,9H,7-8H2,1-2H3. The Labute approximate surface area is 79.0 Å². The monoisotopic (exact) mass is 177 g/mol. The summed E-state index contributed by atoms with van der Waals surface area (Å²) in [6, 6.07) is 8.37. The van der Waals surface area contributed by atoms with Gasteiger partial charge in [-0.3, -0.25) is 0 Å². The van der Waals surface area contributed by atoms with Crippen molar-refractivity contribution in [2.24, 2.45) is 5.18 Å². The second-order valence-electron chi connectivity index (χ2n) is 3.50. The van der Waals surface area contributed by atoms with Gasteiger partial charge in [-0.1, -0.05) is 43.3 Å². The second kappa shape index (κ2) is 4.75. The molecule has 2 heteroatoms. The smallest absolute Gasteiger partial charge is 0.0851 e. The van der Waals surface area contributed by atoms with Crippen molar-refractivity contribution in [2.75, 3.05) is 6.54 Å². The third kappa shape index (κ3) is 2.98. The highest BCUT2D eigenvalue weighted by Gasteiger charge is 1.98. The third-order valence-corrected chi connectivity index (χ3v) is 2.14. The minimum atomic E-state index is 0.376. The number of hydrogen-bond acceptors (Lipinski definition) is 2. The molecule has 0 unspecified atom stereocenters. The summed E-state index contributed by atoms with van der Waals surface area (Å²) < 4.78 is 0. The first-order valence-corrected chi connectivity index (χ1v) is 4.62. The van der Waals surface area contributed by atoms with Crippen LogP contribution in [0, 0.1) is 4.91 Å². The van der Waals surface area contributed by atoms with Gasteiger partial charge in [-0.25, -0.2) is 0 Å². The van der Waals surface area contributed by atoms with Crippen LogP contribution in [0.2, 0.25) is 0 Å². The van der Waals surface area contributed by atoms with E-state index in [9.17, 15) is 4.91 Å². The molecule has 13 heavy (non-hydrogen) atoms. The summed E-state index contributed by atoms with van der Waals surface area (Å²) in [5.41, 5.74) is 2.52. The molecule has 0 radical (unpaired) electrons. The highest BCUT2D eigenvalue weighted by atomic mass is 16.3. The van der Waals surface area contributed by atoms with Gasteiger partial charge >= 0.3 is 0 Å². The van der Waals surface area contributed by atoms with Crippen LogP contribution in [-0.4, -0.2) is 6.54 Å².